The van der Waals surface area contributed by atoms with E-state index in [-0.39, 0.29) is 12.0 Å². The molecule has 3 rings (SSSR count). The Balaban J connectivity index is 1.74. The molecule has 2 aliphatic heterocycles. The highest BCUT2D eigenvalue weighted by molar-refractivity contribution is 5.76. The van der Waals surface area contributed by atoms with Crippen LogP contribution in [0.2, 0.25) is 0 Å². The molecular weight excluding hydrogens is 190 g/mol. The van der Waals surface area contributed by atoms with Gasteiger partial charge in [-0.15, -0.1) is 0 Å². The average Bonchev–Trinajstić information content (AvgIpc) is 2.27. The number of hydrogen-bond donors (Lipinski definition) is 0. The van der Waals surface area contributed by atoms with Crippen LogP contribution in [0.15, 0.2) is 0 Å². The van der Waals surface area contributed by atoms with E-state index in [1.807, 2.05) is 0 Å². The Hall–Kier alpha value is -0.570. The van der Waals surface area contributed by atoms with Crippen LogP contribution in [0.5, 0.6) is 0 Å². The molecule has 0 spiro atoms. The molecule has 0 bridgehead atoms. The molecule has 0 radical (unpaired) electrons. The van der Waals surface area contributed by atoms with Crippen molar-refractivity contribution in [1.29, 1.82) is 0 Å². The predicted octanol–water partition coefficient (Wildman–Crippen LogP) is 1.42. The second kappa shape index (κ2) is 3.78. The number of hydrogen-bond acceptors (Lipinski definition) is 3. The first kappa shape index (κ1) is 9.64. The predicted molar refractivity (Wildman–Crippen MR) is 56.4 cm³/mol. The van der Waals surface area contributed by atoms with E-state index in [1.54, 1.807) is 0 Å². The molecule has 0 amide bonds. The van der Waals surface area contributed by atoms with Crippen molar-refractivity contribution in [2.75, 3.05) is 19.7 Å². The number of carbonyl (C=O) groups is 1. The molecule has 0 aromatic carbocycles. The normalized spacial score (nSPS) is 41.6. The fraction of sp³-hybridized carbons (Fsp3) is 0.917. The van der Waals surface area contributed by atoms with Crippen molar-refractivity contribution >= 4 is 5.97 Å². The summed E-state index contributed by atoms with van der Waals surface area (Å²) in [4.78, 5) is 14.0. The van der Waals surface area contributed by atoms with E-state index in [0.29, 0.717) is 6.61 Å². The van der Waals surface area contributed by atoms with E-state index >= 15 is 0 Å². The van der Waals surface area contributed by atoms with Crippen LogP contribution >= 0.6 is 0 Å². The summed E-state index contributed by atoms with van der Waals surface area (Å²) in [5.74, 6) is 1.69. The third-order valence-electron chi connectivity index (χ3n) is 4.40. The van der Waals surface area contributed by atoms with Crippen LogP contribution in [0, 0.1) is 11.8 Å². The summed E-state index contributed by atoms with van der Waals surface area (Å²) >= 11 is 0. The molecule has 1 aliphatic carbocycles. The summed E-state index contributed by atoms with van der Waals surface area (Å²) in [6.07, 6.45) is 6.53. The van der Waals surface area contributed by atoms with Crippen LogP contribution in [0.3, 0.4) is 0 Å². The van der Waals surface area contributed by atoms with Crippen LogP contribution in [-0.2, 0) is 9.53 Å². The Kier molecular flexibility index (Phi) is 2.43. The number of cyclic esters (lactones) is 1. The number of morpholine rings is 1. The maximum Gasteiger partial charge on any atom is 0.323 e. The molecular formula is C12H19NO2. The lowest BCUT2D eigenvalue weighted by atomic mass is 9.73. The number of esters is 1. The van der Waals surface area contributed by atoms with Gasteiger partial charge < -0.3 is 4.74 Å². The Bertz CT molecular complexity index is 266. The largest absolute Gasteiger partial charge is 0.463 e. The van der Waals surface area contributed by atoms with E-state index in [0.717, 1.165) is 31.3 Å². The highest BCUT2D eigenvalue weighted by atomic mass is 16.5. The summed E-state index contributed by atoms with van der Waals surface area (Å²) in [5.41, 5.74) is 0. The SMILES string of the molecule is O=C1OCCN2C[C@H]3CCCCC3CC12. The van der Waals surface area contributed by atoms with Crippen LogP contribution in [0.4, 0.5) is 0 Å². The van der Waals surface area contributed by atoms with Crippen molar-refractivity contribution in [2.45, 2.75) is 38.1 Å². The van der Waals surface area contributed by atoms with Gasteiger partial charge in [0.25, 0.3) is 0 Å². The van der Waals surface area contributed by atoms with E-state index in [9.17, 15) is 4.79 Å². The number of fused-ring (bicyclic) bond motifs is 2. The van der Waals surface area contributed by atoms with Crippen molar-refractivity contribution in [3.8, 4) is 0 Å². The fourth-order valence-corrected chi connectivity index (χ4v) is 3.55. The lowest BCUT2D eigenvalue weighted by molar-refractivity contribution is -0.162. The zero-order valence-electron chi connectivity index (χ0n) is 9.15. The lowest BCUT2D eigenvalue weighted by Gasteiger charge is -2.46. The number of carbonyl (C=O) groups excluding carboxylic acids is 1. The first-order valence-electron chi connectivity index (χ1n) is 6.25. The highest BCUT2D eigenvalue weighted by Crippen LogP contribution is 2.39. The van der Waals surface area contributed by atoms with Gasteiger partial charge in [-0.1, -0.05) is 19.3 Å². The molecule has 15 heavy (non-hydrogen) atoms. The van der Waals surface area contributed by atoms with Crippen molar-refractivity contribution in [2.24, 2.45) is 11.8 Å². The molecule has 3 heteroatoms. The van der Waals surface area contributed by atoms with Crippen LogP contribution in [-0.4, -0.2) is 36.6 Å². The third-order valence-corrected chi connectivity index (χ3v) is 4.40. The molecule has 2 saturated heterocycles. The maximum atomic E-state index is 11.6. The standard InChI is InChI=1S/C12H19NO2/c14-12-11-7-9-3-1-2-4-10(9)8-13(11)5-6-15-12/h9-11H,1-8H2/t9?,10-,11?/m1/s1. The number of ether oxygens (including phenoxy) is 1. The number of piperidine rings is 1. The Labute approximate surface area is 90.8 Å². The van der Waals surface area contributed by atoms with Crippen molar-refractivity contribution in [3.63, 3.8) is 0 Å². The third kappa shape index (κ3) is 1.67. The van der Waals surface area contributed by atoms with Gasteiger partial charge in [-0.3, -0.25) is 9.69 Å². The Morgan fingerprint density at radius 2 is 2.00 bits per heavy atom. The Morgan fingerprint density at radius 3 is 2.87 bits per heavy atom. The highest BCUT2D eigenvalue weighted by Gasteiger charge is 2.42. The van der Waals surface area contributed by atoms with Crippen molar-refractivity contribution < 1.29 is 9.53 Å². The molecule has 2 heterocycles. The zero-order chi connectivity index (χ0) is 10.3. The fourth-order valence-electron chi connectivity index (χ4n) is 3.55. The summed E-state index contributed by atoms with van der Waals surface area (Å²) in [7, 11) is 0. The molecule has 0 aromatic rings. The minimum absolute atomic E-state index is 0.0327. The van der Waals surface area contributed by atoms with Gasteiger partial charge in [-0.2, -0.15) is 0 Å². The molecule has 0 aromatic heterocycles. The van der Waals surface area contributed by atoms with Gasteiger partial charge >= 0.3 is 5.97 Å². The van der Waals surface area contributed by atoms with E-state index in [2.05, 4.69) is 4.90 Å². The molecule has 0 N–H and O–H groups in total. The molecule has 3 aliphatic rings. The molecule has 3 atom stereocenters. The van der Waals surface area contributed by atoms with Gasteiger partial charge in [0.15, 0.2) is 0 Å². The van der Waals surface area contributed by atoms with Gasteiger partial charge in [0, 0.05) is 13.1 Å². The summed E-state index contributed by atoms with van der Waals surface area (Å²) in [6, 6.07) is 0.0955. The second-order valence-electron chi connectivity index (χ2n) is 5.22. The molecule has 2 unspecified atom stereocenters. The first-order valence-corrected chi connectivity index (χ1v) is 6.25. The van der Waals surface area contributed by atoms with Gasteiger partial charge in [-0.25, -0.2) is 0 Å². The van der Waals surface area contributed by atoms with Gasteiger partial charge in [0.1, 0.15) is 12.6 Å². The topological polar surface area (TPSA) is 29.5 Å². The summed E-state index contributed by atoms with van der Waals surface area (Å²) < 4.78 is 5.15. The maximum absolute atomic E-state index is 11.6. The quantitative estimate of drug-likeness (QED) is 0.565. The van der Waals surface area contributed by atoms with Crippen LogP contribution < -0.4 is 0 Å². The number of rotatable bonds is 0. The minimum Gasteiger partial charge on any atom is -0.463 e. The summed E-state index contributed by atoms with van der Waals surface area (Å²) in [6.45, 7) is 2.71. The van der Waals surface area contributed by atoms with E-state index < -0.39 is 0 Å². The van der Waals surface area contributed by atoms with Gasteiger partial charge in [-0.05, 0) is 24.7 Å². The summed E-state index contributed by atoms with van der Waals surface area (Å²) in [5, 5.41) is 0. The van der Waals surface area contributed by atoms with E-state index in [4.69, 9.17) is 4.74 Å². The smallest absolute Gasteiger partial charge is 0.323 e. The average molecular weight is 209 g/mol. The number of nitrogens with zero attached hydrogens (tertiary/aromatic N) is 1. The molecule has 3 nitrogen and oxygen atoms in total. The lowest BCUT2D eigenvalue weighted by Crippen LogP contribution is -2.56. The monoisotopic (exact) mass is 209 g/mol. The molecule has 3 fully saturated rings. The molecule has 1 saturated carbocycles. The van der Waals surface area contributed by atoms with Crippen molar-refractivity contribution in [1.82, 2.24) is 4.90 Å². The van der Waals surface area contributed by atoms with Gasteiger partial charge in [0.05, 0.1) is 0 Å². The first-order chi connectivity index (χ1) is 7.34. The van der Waals surface area contributed by atoms with E-state index in [1.165, 1.54) is 25.7 Å². The van der Waals surface area contributed by atoms with Gasteiger partial charge in [0.2, 0.25) is 0 Å². The Morgan fingerprint density at radius 1 is 1.20 bits per heavy atom. The van der Waals surface area contributed by atoms with Crippen LogP contribution in [0.1, 0.15) is 32.1 Å². The second-order valence-corrected chi connectivity index (χ2v) is 5.22. The molecule has 84 valence electrons. The van der Waals surface area contributed by atoms with Crippen molar-refractivity contribution in [3.05, 3.63) is 0 Å². The minimum atomic E-state index is 0.0327. The zero-order valence-corrected chi connectivity index (χ0v) is 9.15. The van der Waals surface area contributed by atoms with Crippen LogP contribution in [0.25, 0.3) is 0 Å².